The largest absolute Gasteiger partial charge is 0.508 e. The Kier molecular flexibility index (Phi) is 7.86. The van der Waals surface area contributed by atoms with Crippen molar-refractivity contribution in [2.24, 2.45) is 0 Å². The molecule has 5 atom stereocenters. The Morgan fingerprint density at radius 1 is 1.32 bits per heavy atom. The molecule has 13 nitrogen and oxygen atoms in total. The van der Waals surface area contributed by atoms with E-state index in [2.05, 4.69) is 20.9 Å². The number of rotatable bonds is 7. The summed E-state index contributed by atoms with van der Waals surface area (Å²) in [6, 6.07) is 4.42. The highest BCUT2D eigenvalue weighted by molar-refractivity contribution is 9.10. The Labute approximate surface area is 200 Å². The predicted octanol–water partition coefficient (Wildman–Crippen LogP) is 1.09. The van der Waals surface area contributed by atoms with E-state index >= 15 is 0 Å². The van der Waals surface area contributed by atoms with Gasteiger partial charge in [-0.3, -0.25) is 24.5 Å². The zero-order valence-corrected chi connectivity index (χ0v) is 19.6. The molecule has 0 aliphatic carbocycles. The Morgan fingerprint density at radius 3 is 2.71 bits per heavy atom. The Balaban J connectivity index is 1.58. The van der Waals surface area contributed by atoms with Crippen molar-refractivity contribution in [2.45, 2.75) is 44.3 Å². The molecular formula is C20H22BrN3O10. The molecule has 1 aliphatic rings. The Hall–Kier alpha value is -3.07. The van der Waals surface area contributed by atoms with Crippen LogP contribution < -0.4 is 11.2 Å². The smallest absolute Gasteiger partial charge is 0.434 e. The highest BCUT2D eigenvalue weighted by Gasteiger charge is 2.44. The molecule has 0 saturated carbocycles. The average molecular weight is 544 g/mol. The van der Waals surface area contributed by atoms with Crippen LogP contribution in [0, 0.1) is 17.0 Å². The lowest BCUT2D eigenvalue weighted by Crippen LogP contribution is -2.38. The quantitative estimate of drug-likeness (QED) is 0.259. The molecule has 0 amide bonds. The van der Waals surface area contributed by atoms with Gasteiger partial charge >= 0.3 is 11.8 Å². The van der Waals surface area contributed by atoms with Crippen LogP contribution in [0.2, 0.25) is 0 Å². The number of carbonyl (C=O) groups is 1. The molecule has 2 heterocycles. The van der Waals surface area contributed by atoms with E-state index in [0.717, 1.165) is 4.57 Å². The van der Waals surface area contributed by atoms with Crippen molar-refractivity contribution >= 4 is 27.8 Å². The van der Waals surface area contributed by atoms with E-state index in [9.17, 15) is 34.7 Å². The minimum Gasteiger partial charge on any atom is -0.434 e. The molecule has 1 aromatic heterocycles. The molecule has 3 N–H and O–H groups in total. The number of hydrogen-bond acceptors (Lipinski definition) is 10. The molecule has 0 radical (unpaired) electrons. The van der Waals surface area contributed by atoms with E-state index in [1.54, 1.807) is 13.0 Å². The van der Waals surface area contributed by atoms with Gasteiger partial charge in [-0.15, -0.1) is 0 Å². The van der Waals surface area contributed by atoms with Gasteiger partial charge in [-0.05, 0) is 19.1 Å². The molecule has 1 saturated heterocycles. The second-order valence-electron chi connectivity index (χ2n) is 7.76. The van der Waals surface area contributed by atoms with Crippen molar-refractivity contribution in [1.29, 1.82) is 0 Å². The second-order valence-corrected chi connectivity index (χ2v) is 8.67. The van der Waals surface area contributed by atoms with E-state index in [1.807, 2.05) is 0 Å². The summed E-state index contributed by atoms with van der Waals surface area (Å²) in [6.45, 7) is 2.36. The molecule has 2 aromatic rings. The molecule has 3 unspecified atom stereocenters. The first-order valence-electron chi connectivity index (χ1n) is 10.1. The molecular weight excluding hydrogens is 522 g/mol. The highest BCUT2D eigenvalue weighted by Crippen LogP contribution is 2.30. The average Bonchev–Trinajstić information content (AvgIpc) is 3.06. The van der Waals surface area contributed by atoms with Crippen LogP contribution in [-0.2, 0) is 14.2 Å². The second kappa shape index (κ2) is 10.5. The van der Waals surface area contributed by atoms with Crippen molar-refractivity contribution < 1.29 is 34.1 Å². The summed E-state index contributed by atoms with van der Waals surface area (Å²) in [5, 5.41) is 31.7. The number of benzene rings is 1. The number of H-pyrrole nitrogens is 1. The number of aromatic nitrogens is 2. The summed E-state index contributed by atoms with van der Waals surface area (Å²) in [6.07, 6.45) is -5.47. The third kappa shape index (κ3) is 5.52. The van der Waals surface area contributed by atoms with Crippen molar-refractivity contribution in [3.8, 4) is 0 Å². The van der Waals surface area contributed by atoms with Crippen molar-refractivity contribution in [3.05, 3.63) is 70.9 Å². The number of nitro groups is 1. The van der Waals surface area contributed by atoms with Crippen LogP contribution >= 0.6 is 15.9 Å². The first-order valence-corrected chi connectivity index (χ1v) is 10.9. The zero-order chi connectivity index (χ0) is 25.2. The fraction of sp³-hybridized carbons (Fsp3) is 0.450. The molecule has 0 bridgehead atoms. The minimum atomic E-state index is -1.54. The van der Waals surface area contributed by atoms with Gasteiger partial charge in [0.05, 0.1) is 4.92 Å². The molecule has 3 rings (SSSR count). The monoisotopic (exact) mass is 543 g/mol. The van der Waals surface area contributed by atoms with Crippen molar-refractivity contribution in [2.75, 3.05) is 13.2 Å². The van der Waals surface area contributed by atoms with Gasteiger partial charge in [0.1, 0.15) is 31.5 Å². The first-order chi connectivity index (χ1) is 16.0. The van der Waals surface area contributed by atoms with E-state index < -0.39 is 59.4 Å². The summed E-state index contributed by atoms with van der Waals surface area (Å²) in [4.78, 5) is 48.4. The summed E-state index contributed by atoms with van der Waals surface area (Å²) < 4.78 is 17.0. The number of aromatic amines is 1. The number of nitrogens with one attached hydrogen (secondary N) is 1. The van der Waals surface area contributed by atoms with Crippen LogP contribution in [0.4, 0.5) is 10.5 Å². The third-order valence-electron chi connectivity index (χ3n) is 5.29. The molecule has 184 valence electrons. The van der Waals surface area contributed by atoms with Gasteiger partial charge < -0.3 is 24.4 Å². The number of aliphatic hydroxyl groups excluding tert-OH is 2. The van der Waals surface area contributed by atoms with Crippen molar-refractivity contribution in [3.63, 3.8) is 0 Å². The van der Waals surface area contributed by atoms with Gasteiger partial charge in [-0.25, -0.2) is 9.59 Å². The zero-order valence-electron chi connectivity index (χ0n) is 18.0. The fourth-order valence-electron chi connectivity index (χ4n) is 3.43. The highest BCUT2D eigenvalue weighted by atomic mass is 79.9. The molecule has 34 heavy (non-hydrogen) atoms. The third-order valence-corrected chi connectivity index (χ3v) is 5.78. The normalized spacial score (nSPS) is 22.9. The van der Waals surface area contributed by atoms with E-state index in [4.69, 9.17) is 14.2 Å². The lowest BCUT2D eigenvalue weighted by Gasteiger charge is -2.17. The van der Waals surface area contributed by atoms with Crippen LogP contribution in [0.1, 0.15) is 30.2 Å². The number of carbonyl (C=O) groups excluding carboxylic acids is 1. The van der Waals surface area contributed by atoms with Crippen LogP contribution in [0.15, 0.2) is 38.5 Å². The molecule has 1 fully saturated rings. The van der Waals surface area contributed by atoms with Crippen LogP contribution in [-0.4, -0.2) is 62.4 Å². The van der Waals surface area contributed by atoms with Gasteiger partial charge in [-0.2, -0.15) is 0 Å². The van der Waals surface area contributed by atoms with E-state index in [-0.39, 0.29) is 17.9 Å². The van der Waals surface area contributed by atoms with Crippen LogP contribution in [0.5, 0.6) is 0 Å². The number of aryl methyl sites for hydroxylation is 1. The standard InChI is InChI=1S/C20H22BrN3O10/c1-9-6-23(19(28)22-17(9)27)18-16(26)15(25)14(34-18)8-33-20(29)32-7-10(2)12-5-11(21)3-4-13(12)24(30)31/h3-6,10,14-16,18,25-26H,7-8H2,1-2H3,(H,22,27,28)/t10?,14-,15?,16?,18-/m1/s1. The maximum absolute atomic E-state index is 12.0. The predicted molar refractivity (Wildman–Crippen MR) is 118 cm³/mol. The summed E-state index contributed by atoms with van der Waals surface area (Å²) in [7, 11) is 0. The minimum absolute atomic E-state index is 0.122. The van der Waals surface area contributed by atoms with Gasteiger partial charge in [-0.1, -0.05) is 22.9 Å². The fourth-order valence-corrected chi connectivity index (χ4v) is 3.81. The van der Waals surface area contributed by atoms with Gasteiger partial charge in [0.2, 0.25) is 0 Å². The maximum atomic E-state index is 12.0. The number of aliphatic hydroxyl groups is 2. The van der Waals surface area contributed by atoms with E-state index in [0.29, 0.717) is 10.0 Å². The summed E-state index contributed by atoms with van der Waals surface area (Å²) in [5.41, 5.74) is -1.02. The number of halogens is 1. The molecule has 1 aromatic carbocycles. The first kappa shape index (κ1) is 25.6. The molecule has 1 aliphatic heterocycles. The van der Waals surface area contributed by atoms with E-state index in [1.165, 1.54) is 25.3 Å². The topological polar surface area (TPSA) is 183 Å². The van der Waals surface area contributed by atoms with Gasteiger partial charge in [0.25, 0.3) is 11.2 Å². The summed E-state index contributed by atoms with van der Waals surface area (Å²) in [5.74, 6) is -0.527. The number of nitrogens with zero attached hydrogens (tertiary/aromatic N) is 2. The number of ether oxygens (including phenoxy) is 3. The lowest BCUT2D eigenvalue weighted by molar-refractivity contribution is -0.385. The SMILES string of the molecule is Cc1cn([C@@H]2O[C@H](COC(=O)OCC(C)c3cc(Br)ccc3[N+](=O)[O-])C(O)C2O)c(=O)[nH]c1=O. The van der Waals surface area contributed by atoms with Crippen molar-refractivity contribution in [1.82, 2.24) is 9.55 Å². The Morgan fingerprint density at radius 2 is 2.03 bits per heavy atom. The number of hydrogen-bond donors (Lipinski definition) is 3. The lowest BCUT2D eigenvalue weighted by atomic mass is 10.0. The summed E-state index contributed by atoms with van der Waals surface area (Å²) >= 11 is 3.25. The van der Waals surface area contributed by atoms with Gasteiger partial charge in [0.15, 0.2) is 6.23 Å². The molecule has 14 heteroatoms. The number of nitro benzene ring substituents is 1. The van der Waals surface area contributed by atoms with Crippen LogP contribution in [0.25, 0.3) is 0 Å². The van der Waals surface area contributed by atoms with Gasteiger partial charge in [0, 0.05) is 33.8 Å². The Bertz CT molecular complexity index is 1200. The maximum Gasteiger partial charge on any atom is 0.508 e. The molecule has 0 spiro atoms. The van der Waals surface area contributed by atoms with Crippen LogP contribution in [0.3, 0.4) is 0 Å².